The fourth-order valence-corrected chi connectivity index (χ4v) is 5.63. The molecule has 1 saturated carbocycles. The minimum Gasteiger partial charge on any atom is -0.494 e. The summed E-state index contributed by atoms with van der Waals surface area (Å²) >= 11 is 0.783. The van der Waals surface area contributed by atoms with Crippen LogP contribution in [0.25, 0.3) is 0 Å². The second-order valence-corrected chi connectivity index (χ2v) is 10.7. The van der Waals surface area contributed by atoms with Crippen LogP contribution in [0.3, 0.4) is 0 Å². The number of aromatic nitrogens is 1. The summed E-state index contributed by atoms with van der Waals surface area (Å²) < 4.78 is 9.62. The van der Waals surface area contributed by atoms with Gasteiger partial charge in [0, 0.05) is 31.5 Å². The highest BCUT2D eigenvalue weighted by atomic mass is 32.1. The number of nitrogens with zero attached hydrogens (tertiary/aromatic N) is 3. The summed E-state index contributed by atoms with van der Waals surface area (Å²) in [5.41, 5.74) is 13.4. The number of rotatable bonds is 10. The molecule has 1 aromatic heterocycles. The largest absolute Gasteiger partial charge is 0.494 e. The van der Waals surface area contributed by atoms with Gasteiger partial charge >= 0.3 is 0 Å². The van der Waals surface area contributed by atoms with Crippen LogP contribution in [0.4, 0.5) is 17.1 Å². The number of anilines is 3. The van der Waals surface area contributed by atoms with Crippen molar-refractivity contribution in [3.8, 4) is 5.75 Å². The third-order valence-corrected chi connectivity index (χ3v) is 7.83. The van der Waals surface area contributed by atoms with E-state index in [4.69, 9.17) is 16.2 Å². The maximum absolute atomic E-state index is 14.2. The first kappa shape index (κ1) is 28.9. The van der Waals surface area contributed by atoms with E-state index in [1.165, 1.54) is 4.90 Å². The molecule has 40 heavy (non-hydrogen) atoms. The van der Waals surface area contributed by atoms with Crippen molar-refractivity contribution in [3.63, 3.8) is 0 Å². The first-order valence-electron chi connectivity index (χ1n) is 13.4. The number of hydrogen-bond donors (Lipinski definition) is 3. The number of hydrogen-bond acceptors (Lipinski definition) is 8. The summed E-state index contributed by atoms with van der Waals surface area (Å²) in [6.07, 6.45) is 5.01. The molecule has 3 amide bonds. The number of benzene rings is 2. The van der Waals surface area contributed by atoms with E-state index in [1.54, 1.807) is 24.3 Å². The number of primary amides is 1. The van der Waals surface area contributed by atoms with E-state index >= 15 is 0 Å². The van der Waals surface area contributed by atoms with E-state index in [0.717, 1.165) is 49.3 Å². The minimum absolute atomic E-state index is 0.0250. The van der Waals surface area contributed by atoms with Gasteiger partial charge < -0.3 is 26.4 Å². The van der Waals surface area contributed by atoms with Gasteiger partial charge in [-0.1, -0.05) is 31.4 Å². The zero-order valence-corrected chi connectivity index (χ0v) is 23.9. The molecule has 5 N–H and O–H groups in total. The summed E-state index contributed by atoms with van der Waals surface area (Å²) in [4.78, 5) is 43.6. The molecule has 212 valence electrons. The highest BCUT2D eigenvalue weighted by Gasteiger charge is 2.37. The lowest BCUT2D eigenvalue weighted by molar-refractivity contribution is -0.123. The van der Waals surface area contributed by atoms with Crippen LogP contribution in [0.5, 0.6) is 5.75 Å². The second kappa shape index (κ2) is 12.8. The first-order chi connectivity index (χ1) is 19.2. The molecular formula is C29H36N6O4S. The number of nitrogens with two attached hydrogens (primary N) is 2. The summed E-state index contributed by atoms with van der Waals surface area (Å²) in [6, 6.07) is 13.4. The van der Waals surface area contributed by atoms with E-state index in [0.29, 0.717) is 23.6 Å². The minimum atomic E-state index is -1.03. The van der Waals surface area contributed by atoms with Crippen molar-refractivity contribution < 1.29 is 19.1 Å². The van der Waals surface area contributed by atoms with E-state index in [2.05, 4.69) is 9.69 Å². The molecule has 3 aromatic rings. The van der Waals surface area contributed by atoms with Crippen LogP contribution in [0, 0.1) is 0 Å². The second-order valence-electron chi connectivity index (χ2n) is 9.97. The lowest BCUT2D eigenvalue weighted by Crippen LogP contribution is -2.47. The molecule has 1 fully saturated rings. The van der Waals surface area contributed by atoms with Crippen LogP contribution < -0.4 is 31.3 Å². The number of amides is 3. The Morgan fingerprint density at radius 3 is 2.20 bits per heavy atom. The number of nitrogens with one attached hydrogen (secondary N) is 1. The normalized spacial score (nSPS) is 14.3. The summed E-state index contributed by atoms with van der Waals surface area (Å²) in [5, 5.41) is 3.20. The molecule has 0 spiro atoms. The number of carbonyl (C=O) groups is 3. The van der Waals surface area contributed by atoms with E-state index in [1.807, 2.05) is 50.2 Å². The fourth-order valence-electron chi connectivity index (χ4n) is 4.89. The van der Waals surface area contributed by atoms with Crippen LogP contribution in [0.2, 0.25) is 0 Å². The van der Waals surface area contributed by atoms with E-state index < -0.39 is 17.9 Å². The van der Waals surface area contributed by atoms with Gasteiger partial charge in [0.25, 0.3) is 11.8 Å². The van der Waals surface area contributed by atoms with Crippen molar-refractivity contribution in [2.24, 2.45) is 5.73 Å². The molecule has 0 bridgehead atoms. The van der Waals surface area contributed by atoms with Crippen LogP contribution in [0.15, 0.2) is 48.5 Å². The molecule has 0 radical (unpaired) electrons. The molecule has 1 aliphatic carbocycles. The Morgan fingerprint density at radius 2 is 1.65 bits per heavy atom. The predicted molar refractivity (Wildman–Crippen MR) is 158 cm³/mol. The van der Waals surface area contributed by atoms with Gasteiger partial charge in [-0.15, -0.1) is 0 Å². The summed E-state index contributed by atoms with van der Waals surface area (Å²) in [7, 11) is 3.86. The van der Waals surface area contributed by atoms with Gasteiger partial charge in [-0.3, -0.25) is 19.3 Å². The Balaban J connectivity index is 1.84. The zero-order valence-electron chi connectivity index (χ0n) is 23.1. The molecule has 1 atom stereocenters. The maximum atomic E-state index is 14.2. The van der Waals surface area contributed by atoms with E-state index in [9.17, 15) is 14.4 Å². The van der Waals surface area contributed by atoms with Gasteiger partial charge in [-0.2, -0.15) is 4.37 Å². The van der Waals surface area contributed by atoms with Crippen molar-refractivity contribution in [1.82, 2.24) is 9.69 Å². The van der Waals surface area contributed by atoms with Crippen LogP contribution in [-0.4, -0.2) is 48.8 Å². The predicted octanol–water partition coefficient (Wildman–Crippen LogP) is 4.13. The summed E-state index contributed by atoms with van der Waals surface area (Å²) in [5.74, 6) is -1.06. The van der Waals surface area contributed by atoms with Gasteiger partial charge in [0.15, 0.2) is 5.69 Å². The van der Waals surface area contributed by atoms with Crippen molar-refractivity contribution in [2.75, 3.05) is 36.2 Å². The molecule has 10 nitrogen and oxygen atoms in total. The molecule has 1 unspecified atom stereocenters. The Hall–Kier alpha value is -4.12. The molecule has 1 heterocycles. The maximum Gasteiger partial charge on any atom is 0.273 e. The number of ether oxygens (including phenoxy) is 1. The SMILES string of the molecule is CCOc1ccc(N(C(=O)c2snc(C(N)=O)c2N)C(C(=O)NC2CCCCC2)c2ccc(N(C)C)cc2)cc1. The van der Waals surface area contributed by atoms with Crippen molar-refractivity contribution in [2.45, 2.75) is 51.1 Å². The quantitative estimate of drug-likeness (QED) is 0.336. The third-order valence-electron chi connectivity index (χ3n) is 6.98. The van der Waals surface area contributed by atoms with Gasteiger partial charge in [0.1, 0.15) is 16.7 Å². The zero-order chi connectivity index (χ0) is 28.8. The van der Waals surface area contributed by atoms with Crippen molar-refractivity contribution >= 4 is 46.3 Å². The monoisotopic (exact) mass is 564 g/mol. The molecule has 0 saturated heterocycles. The number of nitrogen functional groups attached to an aromatic ring is 1. The first-order valence-corrected chi connectivity index (χ1v) is 14.2. The average molecular weight is 565 g/mol. The lowest BCUT2D eigenvalue weighted by Gasteiger charge is -2.33. The van der Waals surface area contributed by atoms with Crippen LogP contribution in [-0.2, 0) is 4.79 Å². The standard InChI is InChI=1S/C29H36N6O4S/c1-4-39-22-16-14-21(15-17-22)35(29(38)26-23(30)24(27(31)36)33-40-26)25(18-10-12-20(13-11-18)34(2)3)28(37)32-19-8-6-5-7-9-19/h10-17,19,25H,4-9,30H2,1-3H3,(H2,31,36)(H,32,37). The lowest BCUT2D eigenvalue weighted by atomic mass is 9.94. The van der Waals surface area contributed by atoms with Crippen LogP contribution in [0.1, 0.15) is 70.8 Å². The molecule has 4 rings (SSSR count). The van der Waals surface area contributed by atoms with Gasteiger partial charge in [-0.25, -0.2) is 0 Å². The molecule has 0 aliphatic heterocycles. The third kappa shape index (κ3) is 6.36. The molecule has 11 heteroatoms. The smallest absolute Gasteiger partial charge is 0.273 e. The van der Waals surface area contributed by atoms with Crippen LogP contribution >= 0.6 is 11.5 Å². The Bertz CT molecular complexity index is 1330. The highest BCUT2D eigenvalue weighted by Crippen LogP contribution is 2.35. The molecule has 2 aromatic carbocycles. The molecule has 1 aliphatic rings. The fraction of sp³-hybridized carbons (Fsp3) is 0.379. The highest BCUT2D eigenvalue weighted by molar-refractivity contribution is 7.09. The van der Waals surface area contributed by atoms with Gasteiger partial charge in [-0.05, 0) is 73.3 Å². The average Bonchev–Trinajstić information content (AvgIpc) is 3.34. The Morgan fingerprint density at radius 1 is 1.02 bits per heavy atom. The van der Waals surface area contributed by atoms with Crippen molar-refractivity contribution in [3.05, 3.63) is 64.7 Å². The Kier molecular flexibility index (Phi) is 9.26. The van der Waals surface area contributed by atoms with Gasteiger partial charge in [0.2, 0.25) is 5.91 Å². The number of carbonyl (C=O) groups excluding carboxylic acids is 3. The van der Waals surface area contributed by atoms with E-state index in [-0.39, 0.29) is 28.2 Å². The van der Waals surface area contributed by atoms with Gasteiger partial charge in [0.05, 0.1) is 12.3 Å². The topological polar surface area (TPSA) is 144 Å². The van der Waals surface area contributed by atoms with Crippen molar-refractivity contribution in [1.29, 1.82) is 0 Å². The summed E-state index contributed by atoms with van der Waals surface area (Å²) in [6.45, 7) is 2.37. The Labute approximate surface area is 238 Å². The molecular weight excluding hydrogens is 528 g/mol.